The number of anilines is 2. The summed E-state index contributed by atoms with van der Waals surface area (Å²) in [6.07, 6.45) is -0.877. The molecule has 156 valence electrons. The number of thiophene rings is 1. The molecule has 0 aliphatic heterocycles. The number of carbonyl (C=O) groups excluding carboxylic acids is 3. The van der Waals surface area contributed by atoms with Crippen molar-refractivity contribution in [3.8, 4) is 0 Å². The molecule has 10 heteroatoms. The van der Waals surface area contributed by atoms with E-state index < -0.39 is 35.5 Å². The largest absolute Gasteiger partial charge is 0.444 e. The van der Waals surface area contributed by atoms with Crippen molar-refractivity contribution < 1.29 is 23.5 Å². The highest BCUT2D eigenvalue weighted by Gasteiger charge is 2.21. The Bertz CT molecular complexity index is 881. The Kier molecular flexibility index (Phi) is 7.16. The molecule has 0 aliphatic rings. The minimum atomic E-state index is -0.769. The van der Waals surface area contributed by atoms with E-state index in [1.54, 1.807) is 38.3 Å². The van der Waals surface area contributed by atoms with Crippen molar-refractivity contribution in [1.82, 2.24) is 5.32 Å². The van der Waals surface area contributed by atoms with Crippen LogP contribution in [0.2, 0.25) is 0 Å². The summed E-state index contributed by atoms with van der Waals surface area (Å²) < 4.78 is 18.9. The van der Waals surface area contributed by atoms with Crippen molar-refractivity contribution in [3.05, 3.63) is 46.4 Å². The second kappa shape index (κ2) is 9.37. The molecule has 2 aromatic rings. The van der Waals surface area contributed by atoms with Gasteiger partial charge in [0.1, 0.15) is 11.4 Å². The number of hydrogen-bond donors (Lipinski definition) is 4. The number of hydrogen-bond acceptors (Lipinski definition) is 5. The molecule has 1 atom stereocenters. The van der Waals surface area contributed by atoms with Crippen molar-refractivity contribution >= 4 is 40.7 Å². The third-order valence-electron chi connectivity index (χ3n) is 3.48. The van der Waals surface area contributed by atoms with Gasteiger partial charge in [0, 0.05) is 4.88 Å². The van der Waals surface area contributed by atoms with Gasteiger partial charge in [-0.05, 0) is 50.4 Å². The first-order chi connectivity index (χ1) is 13.5. The molecule has 2 rings (SSSR count). The van der Waals surface area contributed by atoms with Gasteiger partial charge < -0.3 is 21.1 Å². The fraction of sp³-hybridized carbons (Fsp3) is 0.316. The molecule has 0 saturated heterocycles. The number of amides is 4. The zero-order chi connectivity index (χ0) is 21.6. The van der Waals surface area contributed by atoms with Crippen molar-refractivity contribution in [2.24, 2.45) is 5.73 Å². The number of carbonyl (C=O) groups is 3. The van der Waals surface area contributed by atoms with E-state index in [0.29, 0.717) is 0 Å². The standard InChI is InChI=1S/C19H23FN4O4S/c1-19(2,3)28-18(27)24-12-7-6-11(20)9-13(12)22-16(25)10-14(23-17(21)26)15-5-4-8-29-15/h4-9,14H,10H2,1-3H3,(H,22,25)(H,24,27)(H3,21,23,26). The van der Waals surface area contributed by atoms with Crippen molar-refractivity contribution in [1.29, 1.82) is 0 Å². The number of urea groups is 1. The molecular weight excluding hydrogens is 399 g/mol. The van der Waals surface area contributed by atoms with Gasteiger partial charge >= 0.3 is 12.1 Å². The van der Waals surface area contributed by atoms with Gasteiger partial charge in [0.25, 0.3) is 0 Å². The predicted octanol–water partition coefficient (Wildman–Crippen LogP) is 3.97. The zero-order valence-electron chi connectivity index (χ0n) is 16.2. The summed E-state index contributed by atoms with van der Waals surface area (Å²) in [5.41, 5.74) is 4.70. The Balaban J connectivity index is 2.13. The molecule has 29 heavy (non-hydrogen) atoms. The number of benzene rings is 1. The number of nitrogens with one attached hydrogen (secondary N) is 3. The second-order valence-corrected chi connectivity index (χ2v) is 8.12. The van der Waals surface area contributed by atoms with Crippen LogP contribution in [0.1, 0.15) is 38.1 Å². The predicted molar refractivity (Wildman–Crippen MR) is 109 cm³/mol. The van der Waals surface area contributed by atoms with Gasteiger partial charge in [0.15, 0.2) is 0 Å². The Hall–Kier alpha value is -3.14. The summed E-state index contributed by atoms with van der Waals surface area (Å²) >= 11 is 1.36. The van der Waals surface area contributed by atoms with Gasteiger partial charge in [-0.3, -0.25) is 10.1 Å². The van der Waals surface area contributed by atoms with Crippen LogP contribution in [0, 0.1) is 5.82 Å². The fourth-order valence-electron chi connectivity index (χ4n) is 2.41. The van der Waals surface area contributed by atoms with Crippen molar-refractivity contribution in [2.45, 2.75) is 38.8 Å². The van der Waals surface area contributed by atoms with E-state index in [4.69, 9.17) is 10.5 Å². The molecule has 8 nitrogen and oxygen atoms in total. The van der Waals surface area contributed by atoms with E-state index in [2.05, 4.69) is 16.0 Å². The van der Waals surface area contributed by atoms with Crippen LogP contribution in [0.25, 0.3) is 0 Å². The highest BCUT2D eigenvalue weighted by atomic mass is 32.1. The third kappa shape index (κ3) is 7.41. The normalized spacial score (nSPS) is 12.0. The van der Waals surface area contributed by atoms with Crippen LogP contribution in [0.3, 0.4) is 0 Å². The summed E-state index contributed by atoms with van der Waals surface area (Å²) in [6.45, 7) is 5.11. The Morgan fingerprint density at radius 3 is 2.48 bits per heavy atom. The molecule has 0 bridgehead atoms. The quantitative estimate of drug-likeness (QED) is 0.562. The maximum Gasteiger partial charge on any atom is 0.412 e. The molecule has 0 aliphatic carbocycles. The first kappa shape index (κ1) is 22.2. The van der Waals surface area contributed by atoms with Crippen LogP contribution in [0.15, 0.2) is 35.7 Å². The van der Waals surface area contributed by atoms with E-state index >= 15 is 0 Å². The molecule has 4 amide bonds. The average Bonchev–Trinajstić information content (AvgIpc) is 3.09. The SMILES string of the molecule is CC(C)(C)OC(=O)Nc1ccc(F)cc1NC(=O)CC(NC(N)=O)c1cccs1. The third-order valence-corrected chi connectivity index (χ3v) is 4.47. The van der Waals surface area contributed by atoms with Crippen molar-refractivity contribution in [3.63, 3.8) is 0 Å². The maximum atomic E-state index is 13.7. The summed E-state index contributed by atoms with van der Waals surface area (Å²) in [5.74, 6) is -1.10. The van der Waals surface area contributed by atoms with Gasteiger partial charge in [-0.25, -0.2) is 14.0 Å². The molecule has 0 spiro atoms. The number of halogens is 1. The Labute approximate surface area is 171 Å². The lowest BCUT2D eigenvalue weighted by Crippen LogP contribution is -2.35. The molecule has 1 heterocycles. The smallest absolute Gasteiger partial charge is 0.412 e. The number of primary amides is 1. The maximum absolute atomic E-state index is 13.7. The summed E-state index contributed by atoms with van der Waals surface area (Å²) in [6, 6.07) is 5.67. The molecule has 1 unspecified atom stereocenters. The number of rotatable bonds is 6. The van der Waals surface area contributed by atoms with Crippen molar-refractivity contribution in [2.75, 3.05) is 10.6 Å². The first-order valence-electron chi connectivity index (χ1n) is 8.72. The fourth-order valence-corrected chi connectivity index (χ4v) is 3.19. The van der Waals surface area contributed by atoms with Crippen LogP contribution in [-0.2, 0) is 9.53 Å². The average molecular weight is 422 g/mol. The molecular formula is C19H23FN4O4S. The van der Waals surface area contributed by atoms with Gasteiger partial charge in [0.05, 0.1) is 23.8 Å². The summed E-state index contributed by atoms with van der Waals surface area (Å²) in [7, 11) is 0. The summed E-state index contributed by atoms with van der Waals surface area (Å²) in [5, 5.41) is 9.34. The molecule has 0 saturated carbocycles. The number of ether oxygens (including phenoxy) is 1. The van der Waals surface area contributed by atoms with Crippen LogP contribution in [0.4, 0.5) is 25.4 Å². The first-order valence-corrected chi connectivity index (χ1v) is 9.60. The van der Waals surface area contributed by atoms with E-state index in [1.165, 1.54) is 17.4 Å². The van der Waals surface area contributed by atoms with Crippen LogP contribution < -0.4 is 21.7 Å². The number of nitrogens with two attached hydrogens (primary N) is 1. The second-order valence-electron chi connectivity index (χ2n) is 7.15. The molecule has 1 aromatic carbocycles. The zero-order valence-corrected chi connectivity index (χ0v) is 17.1. The Morgan fingerprint density at radius 1 is 1.17 bits per heavy atom. The monoisotopic (exact) mass is 422 g/mol. The molecule has 1 aromatic heterocycles. The van der Waals surface area contributed by atoms with E-state index in [-0.39, 0.29) is 17.8 Å². The Morgan fingerprint density at radius 2 is 1.90 bits per heavy atom. The van der Waals surface area contributed by atoms with E-state index in [0.717, 1.165) is 17.0 Å². The minimum Gasteiger partial charge on any atom is -0.444 e. The lowest BCUT2D eigenvalue weighted by molar-refractivity contribution is -0.116. The minimum absolute atomic E-state index is 0.0601. The van der Waals surface area contributed by atoms with E-state index in [1.807, 2.05) is 0 Å². The highest BCUT2D eigenvalue weighted by Crippen LogP contribution is 2.26. The van der Waals surface area contributed by atoms with Gasteiger partial charge in [-0.2, -0.15) is 0 Å². The van der Waals surface area contributed by atoms with E-state index in [9.17, 15) is 18.8 Å². The lowest BCUT2D eigenvalue weighted by atomic mass is 10.1. The van der Waals surface area contributed by atoms with Gasteiger partial charge in [0.2, 0.25) is 5.91 Å². The highest BCUT2D eigenvalue weighted by molar-refractivity contribution is 7.10. The van der Waals surface area contributed by atoms with Crippen LogP contribution >= 0.6 is 11.3 Å². The van der Waals surface area contributed by atoms with Crippen LogP contribution in [0.5, 0.6) is 0 Å². The molecule has 5 N–H and O–H groups in total. The molecule has 0 fully saturated rings. The van der Waals surface area contributed by atoms with Gasteiger partial charge in [-0.15, -0.1) is 11.3 Å². The van der Waals surface area contributed by atoms with Gasteiger partial charge in [-0.1, -0.05) is 6.07 Å². The topological polar surface area (TPSA) is 123 Å². The lowest BCUT2D eigenvalue weighted by Gasteiger charge is -2.21. The summed E-state index contributed by atoms with van der Waals surface area (Å²) in [4.78, 5) is 36.5. The molecule has 0 radical (unpaired) electrons. The van der Waals surface area contributed by atoms with Crippen LogP contribution in [-0.4, -0.2) is 23.6 Å².